The van der Waals surface area contributed by atoms with Gasteiger partial charge in [-0.15, -0.1) is 0 Å². The topological polar surface area (TPSA) is 54.0 Å². The summed E-state index contributed by atoms with van der Waals surface area (Å²) in [7, 11) is 1.71. The number of morpholine rings is 1. The van der Waals surface area contributed by atoms with Crippen LogP contribution in [0.15, 0.2) is 24.3 Å². The fourth-order valence-electron chi connectivity index (χ4n) is 2.30. The third-order valence-corrected chi connectivity index (χ3v) is 3.46. The predicted molar refractivity (Wildman–Crippen MR) is 79.1 cm³/mol. The van der Waals surface area contributed by atoms with Gasteiger partial charge in [0.15, 0.2) is 0 Å². The minimum absolute atomic E-state index is 0.0702. The van der Waals surface area contributed by atoms with Crippen molar-refractivity contribution >= 4 is 5.69 Å². The van der Waals surface area contributed by atoms with Crippen LogP contribution in [0.5, 0.6) is 0 Å². The molecule has 1 heterocycles. The van der Waals surface area contributed by atoms with Crippen LogP contribution in [0.2, 0.25) is 0 Å². The number of methoxy groups -OCH3 is 1. The Balaban J connectivity index is 1.84. The highest BCUT2D eigenvalue weighted by molar-refractivity contribution is 5.48. The normalized spacial score (nSPS) is 19.3. The van der Waals surface area contributed by atoms with Crippen molar-refractivity contribution in [3.05, 3.63) is 29.8 Å². The van der Waals surface area contributed by atoms with Crippen molar-refractivity contribution in [3.63, 3.8) is 0 Å². The van der Waals surface area contributed by atoms with Crippen molar-refractivity contribution in [2.24, 2.45) is 0 Å². The minimum Gasteiger partial charge on any atom is -0.394 e. The third kappa shape index (κ3) is 4.45. The average Bonchev–Trinajstić information content (AvgIpc) is 2.52. The molecule has 2 rings (SSSR count). The van der Waals surface area contributed by atoms with E-state index >= 15 is 0 Å². The van der Waals surface area contributed by atoms with Gasteiger partial charge in [-0.1, -0.05) is 12.1 Å². The largest absolute Gasteiger partial charge is 0.394 e. The third-order valence-electron chi connectivity index (χ3n) is 3.46. The Morgan fingerprint density at radius 2 is 2.20 bits per heavy atom. The van der Waals surface area contributed by atoms with Crippen molar-refractivity contribution in [2.45, 2.75) is 12.6 Å². The van der Waals surface area contributed by atoms with Gasteiger partial charge in [0.05, 0.1) is 25.9 Å². The summed E-state index contributed by atoms with van der Waals surface area (Å²) < 4.78 is 10.5. The van der Waals surface area contributed by atoms with Crippen molar-refractivity contribution in [1.82, 2.24) is 5.32 Å². The Morgan fingerprint density at radius 1 is 1.40 bits per heavy atom. The summed E-state index contributed by atoms with van der Waals surface area (Å²) in [6.45, 7) is 4.83. The molecule has 1 fully saturated rings. The summed E-state index contributed by atoms with van der Waals surface area (Å²) >= 11 is 0. The number of hydrogen-bond donors (Lipinski definition) is 2. The molecule has 1 aliphatic rings. The molecule has 0 saturated carbocycles. The Morgan fingerprint density at radius 3 is 2.90 bits per heavy atom. The molecule has 5 nitrogen and oxygen atoms in total. The first-order valence-electron chi connectivity index (χ1n) is 7.09. The molecule has 1 saturated heterocycles. The second-order valence-electron chi connectivity index (χ2n) is 4.96. The molecule has 0 spiro atoms. The van der Waals surface area contributed by atoms with E-state index in [0.29, 0.717) is 6.61 Å². The zero-order valence-electron chi connectivity index (χ0n) is 12.0. The van der Waals surface area contributed by atoms with Gasteiger partial charge in [-0.2, -0.15) is 0 Å². The number of nitrogens with zero attached hydrogens (tertiary/aromatic N) is 1. The van der Waals surface area contributed by atoms with E-state index in [4.69, 9.17) is 9.47 Å². The molecule has 112 valence electrons. The Bertz CT molecular complexity index is 383. The summed E-state index contributed by atoms with van der Waals surface area (Å²) in [5, 5.41) is 12.5. The van der Waals surface area contributed by atoms with E-state index in [1.807, 2.05) is 0 Å². The smallest absolute Gasteiger partial charge is 0.0980 e. The minimum atomic E-state index is -0.0702. The Hall–Kier alpha value is -1.14. The van der Waals surface area contributed by atoms with Crippen LogP contribution < -0.4 is 10.2 Å². The molecule has 1 unspecified atom stereocenters. The summed E-state index contributed by atoms with van der Waals surface area (Å²) in [6.07, 6.45) is -0.0702. The summed E-state index contributed by atoms with van der Waals surface area (Å²) in [4.78, 5) is 2.26. The molecule has 0 amide bonds. The molecule has 1 atom stereocenters. The molecule has 2 N–H and O–H groups in total. The second-order valence-corrected chi connectivity index (χ2v) is 4.96. The number of nitrogens with one attached hydrogen (secondary N) is 1. The van der Waals surface area contributed by atoms with Crippen LogP contribution in [-0.4, -0.2) is 57.8 Å². The standard InChI is InChI=1S/C15H24N2O3/c1-19-8-6-16-10-13-2-4-14(5-3-13)17-7-9-20-15(11-17)12-18/h2-5,15-16,18H,6-12H2,1H3. The second kappa shape index (κ2) is 8.21. The highest BCUT2D eigenvalue weighted by atomic mass is 16.5. The maximum atomic E-state index is 9.17. The lowest BCUT2D eigenvalue weighted by Gasteiger charge is -2.33. The number of hydrogen-bond acceptors (Lipinski definition) is 5. The fraction of sp³-hybridized carbons (Fsp3) is 0.600. The fourth-order valence-corrected chi connectivity index (χ4v) is 2.30. The molecule has 0 aliphatic carbocycles. The molecule has 20 heavy (non-hydrogen) atoms. The van der Waals surface area contributed by atoms with Crippen LogP contribution in [-0.2, 0) is 16.0 Å². The molecule has 0 aromatic heterocycles. The van der Waals surface area contributed by atoms with Gasteiger partial charge in [0.1, 0.15) is 0 Å². The van der Waals surface area contributed by atoms with Gasteiger partial charge >= 0.3 is 0 Å². The number of aliphatic hydroxyl groups excluding tert-OH is 1. The van der Waals surface area contributed by atoms with Crippen molar-refractivity contribution in [3.8, 4) is 0 Å². The van der Waals surface area contributed by atoms with Crippen molar-refractivity contribution in [2.75, 3.05) is 51.5 Å². The first kappa shape index (κ1) is 15.3. The van der Waals surface area contributed by atoms with E-state index in [1.165, 1.54) is 11.3 Å². The van der Waals surface area contributed by atoms with E-state index in [9.17, 15) is 5.11 Å². The molecule has 1 aliphatic heterocycles. The predicted octanol–water partition coefficient (Wildman–Crippen LogP) is 0.620. The molecular formula is C15H24N2O3. The van der Waals surface area contributed by atoms with Crippen LogP contribution in [0.25, 0.3) is 0 Å². The van der Waals surface area contributed by atoms with Gasteiger partial charge in [0.2, 0.25) is 0 Å². The Labute approximate surface area is 120 Å². The van der Waals surface area contributed by atoms with Crippen molar-refractivity contribution in [1.29, 1.82) is 0 Å². The lowest BCUT2D eigenvalue weighted by molar-refractivity contribution is 0.00357. The highest BCUT2D eigenvalue weighted by Gasteiger charge is 2.19. The maximum absolute atomic E-state index is 9.17. The first-order chi connectivity index (χ1) is 9.83. The number of rotatable bonds is 7. The summed E-state index contributed by atoms with van der Waals surface area (Å²) in [5.74, 6) is 0. The number of ether oxygens (including phenoxy) is 2. The number of benzene rings is 1. The maximum Gasteiger partial charge on any atom is 0.0980 e. The summed E-state index contributed by atoms with van der Waals surface area (Å²) in [5.41, 5.74) is 2.45. The first-order valence-corrected chi connectivity index (χ1v) is 7.09. The van der Waals surface area contributed by atoms with Gasteiger partial charge in [0.25, 0.3) is 0 Å². The van der Waals surface area contributed by atoms with Gasteiger partial charge in [0, 0.05) is 39.0 Å². The molecule has 1 aromatic carbocycles. The van der Waals surface area contributed by atoms with Crippen molar-refractivity contribution < 1.29 is 14.6 Å². The van der Waals surface area contributed by atoms with Gasteiger partial charge in [-0.25, -0.2) is 0 Å². The monoisotopic (exact) mass is 280 g/mol. The zero-order valence-corrected chi connectivity index (χ0v) is 12.0. The van der Waals surface area contributed by atoms with Crippen LogP contribution in [0.4, 0.5) is 5.69 Å². The lowest BCUT2D eigenvalue weighted by atomic mass is 10.1. The van der Waals surface area contributed by atoms with Gasteiger partial charge in [-0.3, -0.25) is 0 Å². The van der Waals surface area contributed by atoms with Gasteiger partial charge < -0.3 is 24.8 Å². The van der Waals surface area contributed by atoms with E-state index in [0.717, 1.165) is 32.8 Å². The Kier molecular flexibility index (Phi) is 6.26. The van der Waals surface area contributed by atoms with Crippen LogP contribution in [0, 0.1) is 0 Å². The quantitative estimate of drug-likeness (QED) is 0.717. The SMILES string of the molecule is COCCNCc1ccc(N2CCOC(CO)C2)cc1. The highest BCUT2D eigenvalue weighted by Crippen LogP contribution is 2.18. The van der Waals surface area contributed by atoms with E-state index in [2.05, 4.69) is 34.5 Å². The van der Waals surface area contributed by atoms with E-state index in [1.54, 1.807) is 7.11 Å². The number of anilines is 1. The molecule has 0 radical (unpaired) electrons. The molecule has 5 heteroatoms. The van der Waals surface area contributed by atoms with E-state index < -0.39 is 0 Å². The van der Waals surface area contributed by atoms with Crippen LogP contribution in [0.1, 0.15) is 5.56 Å². The van der Waals surface area contributed by atoms with Gasteiger partial charge in [-0.05, 0) is 17.7 Å². The lowest BCUT2D eigenvalue weighted by Crippen LogP contribution is -2.44. The molecule has 0 bridgehead atoms. The molecule has 1 aromatic rings. The zero-order chi connectivity index (χ0) is 14.2. The number of aliphatic hydroxyl groups is 1. The van der Waals surface area contributed by atoms with Crippen LogP contribution >= 0.6 is 0 Å². The molecular weight excluding hydrogens is 256 g/mol. The average molecular weight is 280 g/mol. The van der Waals surface area contributed by atoms with Crippen LogP contribution in [0.3, 0.4) is 0 Å². The van der Waals surface area contributed by atoms with E-state index in [-0.39, 0.29) is 12.7 Å². The summed E-state index contributed by atoms with van der Waals surface area (Å²) in [6, 6.07) is 8.54.